The lowest BCUT2D eigenvalue weighted by Gasteiger charge is -2.43. The van der Waals surface area contributed by atoms with Crippen molar-refractivity contribution in [3.63, 3.8) is 0 Å². The number of nitrogens with zero attached hydrogens (tertiary/aromatic N) is 1. The van der Waals surface area contributed by atoms with Gasteiger partial charge in [0, 0.05) is 0 Å². The number of aromatic nitrogens is 1. The fraction of sp³-hybridized carbons (Fsp3) is 0.222. The van der Waals surface area contributed by atoms with Gasteiger partial charge in [0.05, 0.1) is 16.6 Å². The summed E-state index contributed by atoms with van der Waals surface area (Å²) < 4.78 is 0. The summed E-state index contributed by atoms with van der Waals surface area (Å²) in [7, 11) is 0. The van der Waals surface area contributed by atoms with Gasteiger partial charge in [0.2, 0.25) is 0 Å². The summed E-state index contributed by atoms with van der Waals surface area (Å²) in [5.74, 6) is -0.0196. The van der Waals surface area contributed by atoms with Gasteiger partial charge >= 0.3 is 0 Å². The Morgan fingerprint density at radius 3 is 2.61 bits per heavy atom. The normalized spacial score (nSPS) is 15.8. The maximum absolute atomic E-state index is 12.7. The molecule has 0 bridgehead atoms. The number of thiophene rings is 1. The number of benzene rings is 1. The molecule has 1 N–H and O–H groups in total. The van der Waals surface area contributed by atoms with Crippen LogP contribution in [-0.2, 0) is 5.54 Å². The molecule has 0 saturated heterocycles. The number of carbonyl (C=O) groups is 1. The summed E-state index contributed by atoms with van der Waals surface area (Å²) in [5, 5.41) is 6.19. The second kappa shape index (κ2) is 5.91. The fourth-order valence-electron chi connectivity index (χ4n) is 2.95. The molecule has 0 radical (unpaired) electrons. The molecule has 2 aromatic heterocycles. The highest BCUT2D eigenvalue weighted by atomic mass is 32.1. The number of hydrogen-bond acceptors (Lipinski definition) is 4. The Balaban J connectivity index is 1.56. The highest BCUT2D eigenvalue weighted by molar-refractivity contribution is 7.21. The molecule has 0 atom stereocenters. The molecule has 0 unspecified atom stereocenters. The van der Waals surface area contributed by atoms with Crippen LogP contribution in [0.25, 0.3) is 9.88 Å². The van der Waals surface area contributed by atoms with Crippen LogP contribution in [0, 0.1) is 0 Å². The Morgan fingerprint density at radius 2 is 1.96 bits per heavy atom. The van der Waals surface area contributed by atoms with E-state index in [0.717, 1.165) is 29.1 Å². The van der Waals surface area contributed by atoms with Crippen molar-refractivity contribution in [1.29, 1.82) is 0 Å². The predicted molar refractivity (Wildman–Crippen MR) is 94.9 cm³/mol. The Kier molecular flexibility index (Phi) is 3.75. The largest absolute Gasteiger partial charge is 0.342 e. The van der Waals surface area contributed by atoms with Gasteiger partial charge < -0.3 is 5.32 Å². The minimum absolute atomic E-state index is 0.0196. The summed E-state index contributed by atoms with van der Waals surface area (Å²) in [6, 6.07) is 14.3. The summed E-state index contributed by atoms with van der Waals surface area (Å²) in [6.07, 6.45) is 4.84. The highest BCUT2D eigenvalue weighted by Crippen LogP contribution is 2.41. The van der Waals surface area contributed by atoms with Crippen LogP contribution in [0.1, 0.15) is 34.5 Å². The van der Waals surface area contributed by atoms with Crippen LogP contribution in [0.3, 0.4) is 0 Å². The van der Waals surface area contributed by atoms with E-state index in [1.54, 1.807) is 17.5 Å². The van der Waals surface area contributed by atoms with Crippen LogP contribution in [-0.4, -0.2) is 10.9 Å². The number of amides is 1. The van der Waals surface area contributed by atoms with Gasteiger partial charge in [-0.1, -0.05) is 36.4 Å². The second-order valence-electron chi connectivity index (χ2n) is 5.76. The molecule has 116 valence electrons. The SMILES string of the molecule is O=C(NC1(c2ccccc2)CCC1)c1cnc(-c2cccs2)s1. The quantitative estimate of drug-likeness (QED) is 0.749. The molecule has 23 heavy (non-hydrogen) atoms. The van der Waals surface area contributed by atoms with Crippen LogP contribution < -0.4 is 5.32 Å². The van der Waals surface area contributed by atoms with Gasteiger partial charge in [-0.25, -0.2) is 4.98 Å². The Bertz CT molecular complexity index is 805. The van der Waals surface area contributed by atoms with Crippen molar-refractivity contribution >= 4 is 28.6 Å². The van der Waals surface area contributed by atoms with Crippen molar-refractivity contribution in [2.45, 2.75) is 24.8 Å². The van der Waals surface area contributed by atoms with Crippen LogP contribution in [0.15, 0.2) is 54.0 Å². The van der Waals surface area contributed by atoms with E-state index in [2.05, 4.69) is 22.4 Å². The molecule has 4 rings (SSSR count). The molecular weight excluding hydrogens is 324 g/mol. The van der Waals surface area contributed by atoms with Crippen molar-refractivity contribution < 1.29 is 4.79 Å². The van der Waals surface area contributed by atoms with Gasteiger partial charge in [-0.05, 0) is 36.3 Å². The molecule has 1 aliphatic carbocycles. The third-order valence-corrected chi connectivity index (χ3v) is 6.38. The van der Waals surface area contributed by atoms with Crippen molar-refractivity contribution in [2.24, 2.45) is 0 Å². The number of thiazole rings is 1. The van der Waals surface area contributed by atoms with Crippen LogP contribution in [0.5, 0.6) is 0 Å². The molecule has 1 aliphatic rings. The molecule has 1 aromatic carbocycles. The average Bonchev–Trinajstić information content (AvgIpc) is 3.22. The second-order valence-corrected chi connectivity index (χ2v) is 7.74. The Morgan fingerprint density at radius 1 is 1.13 bits per heavy atom. The maximum atomic E-state index is 12.7. The van der Waals surface area contributed by atoms with E-state index in [0.29, 0.717) is 4.88 Å². The van der Waals surface area contributed by atoms with Crippen molar-refractivity contribution in [2.75, 3.05) is 0 Å². The first-order valence-electron chi connectivity index (χ1n) is 7.65. The van der Waals surface area contributed by atoms with Gasteiger partial charge in [-0.2, -0.15) is 0 Å². The lowest BCUT2D eigenvalue weighted by atomic mass is 9.72. The molecule has 1 fully saturated rings. The van der Waals surface area contributed by atoms with Gasteiger partial charge in [0.25, 0.3) is 5.91 Å². The topological polar surface area (TPSA) is 42.0 Å². The van der Waals surface area contributed by atoms with Crippen LogP contribution in [0.2, 0.25) is 0 Å². The van der Waals surface area contributed by atoms with Gasteiger partial charge in [0.1, 0.15) is 9.88 Å². The van der Waals surface area contributed by atoms with Gasteiger partial charge in [-0.15, -0.1) is 22.7 Å². The standard InChI is InChI=1S/C18H16N2OS2/c21-16(15-12-19-17(23-15)14-8-4-11-22-14)20-18(9-5-10-18)13-6-2-1-3-7-13/h1-4,6-8,11-12H,5,9-10H2,(H,20,21). The molecule has 2 heterocycles. The van der Waals surface area contributed by atoms with Crippen molar-refractivity contribution in [3.8, 4) is 9.88 Å². The lowest BCUT2D eigenvalue weighted by Crippen LogP contribution is -2.50. The van der Waals surface area contributed by atoms with Crippen LogP contribution >= 0.6 is 22.7 Å². The molecule has 0 aliphatic heterocycles. The molecule has 1 amide bonds. The highest BCUT2D eigenvalue weighted by Gasteiger charge is 2.40. The minimum atomic E-state index is -0.203. The number of nitrogens with one attached hydrogen (secondary N) is 1. The van der Waals surface area contributed by atoms with E-state index < -0.39 is 0 Å². The number of rotatable bonds is 4. The first kappa shape index (κ1) is 14.6. The minimum Gasteiger partial charge on any atom is -0.342 e. The van der Waals surface area contributed by atoms with Gasteiger partial charge in [0.15, 0.2) is 0 Å². The van der Waals surface area contributed by atoms with E-state index in [1.807, 2.05) is 35.7 Å². The van der Waals surface area contributed by atoms with Gasteiger partial charge in [-0.3, -0.25) is 4.79 Å². The molecule has 0 spiro atoms. The van der Waals surface area contributed by atoms with Crippen molar-refractivity contribution in [1.82, 2.24) is 10.3 Å². The summed E-state index contributed by atoms with van der Waals surface area (Å²) in [4.78, 5) is 18.8. The maximum Gasteiger partial charge on any atom is 0.263 e. The summed E-state index contributed by atoms with van der Waals surface area (Å²) in [6.45, 7) is 0. The van der Waals surface area contributed by atoms with E-state index in [-0.39, 0.29) is 11.4 Å². The lowest BCUT2D eigenvalue weighted by molar-refractivity contribution is 0.0827. The number of carbonyl (C=O) groups excluding carboxylic acids is 1. The summed E-state index contributed by atoms with van der Waals surface area (Å²) in [5.41, 5.74) is 0.994. The van der Waals surface area contributed by atoms with Crippen molar-refractivity contribution in [3.05, 3.63) is 64.5 Å². The molecule has 1 saturated carbocycles. The zero-order valence-electron chi connectivity index (χ0n) is 12.5. The third-order valence-electron chi connectivity index (χ3n) is 4.35. The average molecular weight is 340 g/mol. The monoisotopic (exact) mass is 340 g/mol. The molecule has 3 aromatic rings. The first-order valence-corrected chi connectivity index (χ1v) is 9.34. The van der Waals surface area contributed by atoms with Crippen LogP contribution in [0.4, 0.5) is 0 Å². The summed E-state index contributed by atoms with van der Waals surface area (Å²) >= 11 is 3.10. The van der Waals surface area contributed by atoms with E-state index in [9.17, 15) is 4.79 Å². The van der Waals surface area contributed by atoms with E-state index in [4.69, 9.17) is 0 Å². The molecular formula is C18H16N2OS2. The Labute approximate surface area is 143 Å². The predicted octanol–water partition coefficient (Wildman–Crippen LogP) is 4.68. The third kappa shape index (κ3) is 2.71. The number of hydrogen-bond donors (Lipinski definition) is 1. The van der Waals surface area contributed by atoms with E-state index in [1.165, 1.54) is 16.9 Å². The zero-order valence-corrected chi connectivity index (χ0v) is 14.1. The van der Waals surface area contributed by atoms with E-state index >= 15 is 0 Å². The smallest absolute Gasteiger partial charge is 0.263 e. The first-order chi connectivity index (χ1) is 11.3. The molecule has 5 heteroatoms. The molecule has 3 nitrogen and oxygen atoms in total. The fourth-order valence-corrected chi connectivity index (χ4v) is 4.56. The zero-order chi connectivity index (χ0) is 15.7. The Hall–Kier alpha value is -1.98.